The number of hydrogen-bond acceptors (Lipinski definition) is 5. The lowest BCUT2D eigenvalue weighted by molar-refractivity contribution is 0.0933. The molecule has 0 saturated carbocycles. The standard InChI is InChI=1S/C20H18F2N2O3S/c1-26-9-8-23-19(25)17-12-28-20(24-17)15-4-2-3-5-18(15)27-11-13-6-7-14(21)10-16(13)22/h2-7,10,12H,8-9,11H2,1H3,(H,23,25). The van der Waals surface area contributed by atoms with E-state index < -0.39 is 11.6 Å². The van der Waals surface area contributed by atoms with Gasteiger partial charge in [0.25, 0.3) is 5.91 Å². The van der Waals surface area contributed by atoms with Gasteiger partial charge in [0, 0.05) is 30.7 Å². The number of aromatic nitrogens is 1. The highest BCUT2D eigenvalue weighted by molar-refractivity contribution is 7.13. The molecule has 0 bridgehead atoms. The Labute approximate surface area is 164 Å². The van der Waals surface area contributed by atoms with Gasteiger partial charge in [0.2, 0.25) is 0 Å². The number of halogens is 2. The zero-order valence-corrected chi connectivity index (χ0v) is 15.9. The van der Waals surface area contributed by atoms with Gasteiger partial charge in [-0.2, -0.15) is 0 Å². The molecule has 0 unspecified atom stereocenters. The lowest BCUT2D eigenvalue weighted by atomic mass is 10.2. The lowest BCUT2D eigenvalue weighted by Crippen LogP contribution is -2.27. The molecule has 5 nitrogen and oxygen atoms in total. The van der Waals surface area contributed by atoms with Crippen molar-refractivity contribution in [2.45, 2.75) is 6.61 Å². The second kappa shape index (κ2) is 9.38. The Hall–Kier alpha value is -2.84. The van der Waals surface area contributed by atoms with Gasteiger partial charge in [0.1, 0.15) is 34.7 Å². The summed E-state index contributed by atoms with van der Waals surface area (Å²) in [5.41, 5.74) is 1.23. The van der Waals surface area contributed by atoms with E-state index in [2.05, 4.69) is 10.3 Å². The van der Waals surface area contributed by atoms with Gasteiger partial charge in [-0.1, -0.05) is 12.1 Å². The van der Waals surface area contributed by atoms with E-state index in [4.69, 9.17) is 9.47 Å². The topological polar surface area (TPSA) is 60.5 Å². The van der Waals surface area contributed by atoms with E-state index >= 15 is 0 Å². The molecule has 146 valence electrons. The fraction of sp³-hybridized carbons (Fsp3) is 0.200. The normalized spacial score (nSPS) is 10.7. The van der Waals surface area contributed by atoms with E-state index in [0.717, 1.165) is 6.07 Å². The first-order valence-electron chi connectivity index (χ1n) is 8.47. The molecule has 0 fully saturated rings. The fourth-order valence-electron chi connectivity index (χ4n) is 2.42. The summed E-state index contributed by atoms with van der Waals surface area (Å²) in [6.07, 6.45) is 0. The minimum Gasteiger partial charge on any atom is -0.488 e. The summed E-state index contributed by atoms with van der Waals surface area (Å²) in [6, 6.07) is 10.5. The molecule has 0 aliphatic rings. The number of para-hydroxylation sites is 1. The molecule has 0 spiro atoms. The second-order valence-electron chi connectivity index (χ2n) is 5.81. The van der Waals surface area contributed by atoms with E-state index in [1.54, 1.807) is 24.6 Å². The average Bonchev–Trinajstić information content (AvgIpc) is 3.18. The number of thiazole rings is 1. The Morgan fingerprint density at radius 3 is 2.82 bits per heavy atom. The molecule has 1 aromatic heterocycles. The van der Waals surface area contributed by atoms with Crippen LogP contribution in [0, 0.1) is 11.6 Å². The summed E-state index contributed by atoms with van der Waals surface area (Å²) in [5, 5.41) is 4.98. The zero-order valence-electron chi connectivity index (χ0n) is 15.1. The molecule has 0 aliphatic heterocycles. The molecule has 0 aliphatic carbocycles. The zero-order chi connectivity index (χ0) is 19.9. The van der Waals surface area contributed by atoms with Crippen LogP contribution in [-0.4, -0.2) is 31.2 Å². The predicted octanol–water partition coefficient (Wildman–Crippen LogP) is 4.04. The number of rotatable bonds is 8. The molecule has 2 aromatic carbocycles. The van der Waals surface area contributed by atoms with Crippen LogP contribution in [0.3, 0.4) is 0 Å². The summed E-state index contributed by atoms with van der Waals surface area (Å²) in [5.74, 6) is -1.10. The van der Waals surface area contributed by atoms with Crippen molar-refractivity contribution in [1.29, 1.82) is 0 Å². The van der Waals surface area contributed by atoms with Crippen molar-refractivity contribution in [3.63, 3.8) is 0 Å². The summed E-state index contributed by atoms with van der Waals surface area (Å²) >= 11 is 1.30. The van der Waals surface area contributed by atoms with Gasteiger partial charge in [-0.05, 0) is 24.3 Å². The molecule has 28 heavy (non-hydrogen) atoms. The smallest absolute Gasteiger partial charge is 0.270 e. The van der Waals surface area contributed by atoms with Crippen LogP contribution >= 0.6 is 11.3 Å². The monoisotopic (exact) mass is 404 g/mol. The maximum Gasteiger partial charge on any atom is 0.270 e. The third kappa shape index (κ3) is 4.90. The van der Waals surface area contributed by atoms with Gasteiger partial charge in [-0.3, -0.25) is 4.79 Å². The number of carbonyl (C=O) groups is 1. The number of nitrogens with zero attached hydrogens (tertiary/aromatic N) is 1. The maximum atomic E-state index is 13.8. The van der Waals surface area contributed by atoms with Gasteiger partial charge in [-0.25, -0.2) is 13.8 Å². The first-order chi connectivity index (χ1) is 13.6. The van der Waals surface area contributed by atoms with Crippen LogP contribution in [-0.2, 0) is 11.3 Å². The van der Waals surface area contributed by atoms with Crippen molar-refractivity contribution >= 4 is 17.2 Å². The number of carbonyl (C=O) groups excluding carboxylic acids is 1. The Bertz CT molecular complexity index is 962. The molecular formula is C20H18F2N2O3S. The first kappa shape index (κ1) is 19.9. The van der Waals surface area contributed by atoms with Gasteiger partial charge >= 0.3 is 0 Å². The van der Waals surface area contributed by atoms with Gasteiger partial charge < -0.3 is 14.8 Å². The number of ether oxygens (including phenoxy) is 2. The molecule has 8 heteroatoms. The number of nitrogens with one attached hydrogen (secondary N) is 1. The molecule has 1 heterocycles. The molecule has 1 N–H and O–H groups in total. The second-order valence-corrected chi connectivity index (χ2v) is 6.67. The van der Waals surface area contributed by atoms with Crippen LogP contribution in [0.25, 0.3) is 10.6 Å². The summed E-state index contributed by atoms with van der Waals surface area (Å²) < 4.78 is 37.5. The minimum absolute atomic E-state index is 0.0567. The van der Waals surface area contributed by atoms with E-state index in [1.165, 1.54) is 23.5 Å². The molecular weight excluding hydrogens is 386 g/mol. The number of amides is 1. The highest BCUT2D eigenvalue weighted by Crippen LogP contribution is 2.32. The van der Waals surface area contributed by atoms with Gasteiger partial charge in [0.15, 0.2) is 0 Å². The van der Waals surface area contributed by atoms with E-state index in [-0.39, 0.29) is 18.1 Å². The average molecular weight is 404 g/mol. The van der Waals surface area contributed by atoms with E-state index in [9.17, 15) is 13.6 Å². The quantitative estimate of drug-likeness (QED) is 0.576. The van der Waals surface area contributed by atoms with Crippen LogP contribution in [0.15, 0.2) is 47.8 Å². The van der Waals surface area contributed by atoms with Crippen LogP contribution in [0.2, 0.25) is 0 Å². The molecule has 1 amide bonds. The molecule has 0 radical (unpaired) electrons. The van der Waals surface area contributed by atoms with Crippen molar-refractivity contribution in [3.05, 3.63) is 70.7 Å². The summed E-state index contributed by atoms with van der Waals surface area (Å²) in [4.78, 5) is 16.5. The van der Waals surface area contributed by atoms with Crippen molar-refractivity contribution in [1.82, 2.24) is 10.3 Å². The Morgan fingerprint density at radius 1 is 1.21 bits per heavy atom. The number of hydrogen-bond donors (Lipinski definition) is 1. The van der Waals surface area contributed by atoms with Crippen molar-refractivity contribution in [2.75, 3.05) is 20.3 Å². The Kier molecular flexibility index (Phi) is 6.67. The minimum atomic E-state index is -0.665. The van der Waals surface area contributed by atoms with Crippen LogP contribution in [0.5, 0.6) is 5.75 Å². The predicted molar refractivity (Wildman–Crippen MR) is 102 cm³/mol. The molecule has 0 saturated heterocycles. The summed E-state index contributed by atoms with van der Waals surface area (Å²) in [7, 11) is 1.56. The third-order valence-corrected chi connectivity index (χ3v) is 4.72. The Morgan fingerprint density at radius 2 is 2.04 bits per heavy atom. The number of methoxy groups -OCH3 is 1. The molecule has 3 rings (SSSR count). The van der Waals surface area contributed by atoms with Crippen molar-refractivity contribution < 1.29 is 23.0 Å². The van der Waals surface area contributed by atoms with E-state index in [1.807, 2.05) is 12.1 Å². The lowest BCUT2D eigenvalue weighted by Gasteiger charge is -2.10. The molecule has 0 atom stereocenters. The van der Waals surface area contributed by atoms with Crippen LogP contribution < -0.4 is 10.1 Å². The van der Waals surface area contributed by atoms with Crippen LogP contribution in [0.1, 0.15) is 16.1 Å². The maximum absolute atomic E-state index is 13.8. The van der Waals surface area contributed by atoms with Gasteiger partial charge in [-0.15, -0.1) is 11.3 Å². The van der Waals surface area contributed by atoms with Crippen molar-refractivity contribution in [3.8, 4) is 16.3 Å². The van der Waals surface area contributed by atoms with Crippen LogP contribution in [0.4, 0.5) is 8.78 Å². The van der Waals surface area contributed by atoms with Crippen molar-refractivity contribution in [2.24, 2.45) is 0 Å². The summed E-state index contributed by atoms with van der Waals surface area (Å²) in [6.45, 7) is 0.753. The Balaban J connectivity index is 1.74. The van der Waals surface area contributed by atoms with E-state index in [0.29, 0.717) is 35.2 Å². The van der Waals surface area contributed by atoms with Gasteiger partial charge in [0.05, 0.1) is 12.2 Å². The highest BCUT2D eigenvalue weighted by Gasteiger charge is 2.15. The number of benzene rings is 2. The fourth-order valence-corrected chi connectivity index (χ4v) is 3.25. The SMILES string of the molecule is COCCNC(=O)c1csc(-c2ccccc2OCc2ccc(F)cc2F)n1. The highest BCUT2D eigenvalue weighted by atomic mass is 32.1. The molecule has 3 aromatic rings. The first-order valence-corrected chi connectivity index (χ1v) is 9.35. The third-order valence-electron chi connectivity index (χ3n) is 3.84. The largest absolute Gasteiger partial charge is 0.488 e.